The van der Waals surface area contributed by atoms with Crippen molar-refractivity contribution in [2.45, 2.75) is 25.2 Å². The summed E-state index contributed by atoms with van der Waals surface area (Å²) in [4.78, 5) is 27.7. The molecule has 0 bridgehead atoms. The first kappa shape index (κ1) is 34.0. The fraction of sp³-hybridized carbons (Fsp3) is 0.346. The number of halogens is 2. The number of aryl methyl sites for hydroxylation is 1. The van der Waals surface area contributed by atoms with Gasteiger partial charge in [0.25, 0.3) is 0 Å². The minimum absolute atomic E-state index is 0. The molecule has 4 rings (SSSR count). The summed E-state index contributed by atoms with van der Waals surface area (Å²) in [6.45, 7) is 4.99. The standard InChI is InChI=1S/C26H32N3O7PS.2ClH/c1-4-38(33,34)20-8-5-7-19(16-20)21-9-10-23(25-24(21)22-15-18(2)17-27-26(22)28-25)35-13-6-11-29(3)12-14-36-37(30,31)32;;/h5,7-10,15-17H,4,6,11-14H2,1-3H3,(H,27,28)(H2,30,31,32);2*1H. The van der Waals surface area contributed by atoms with Crippen molar-refractivity contribution in [1.82, 2.24) is 14.9 Å². The molecule has 220 valence electrons. The van der Waals surface area contributed by atoms with Crippen LogP contribution in [0.3, 0.4) is 0 Å². The van der Waals surface area contributed by atoms with Gasteiger partial charge in [0.1, 0.15) is 11.4 Å². The molecule has 40 heavy (non-hydrogen) atoms. The Bertz CT molecular complexity index is 1610. The lowest BCUT2D eigenvalue weighted by molar-refractivity contribution is 0.168. The van der Waals surface area contributed by atoms with Gasteiger partial charge in [-0.15, -0.1) is 24.8 Å². The SMILES string of the molecule is CCS(=O)(=O)c1cccc(-c2ccc(OCCCN(C)CCOP(=O)(O)O)c3[nH]c4ncc(C)cc4c23)c1.Cl.Cl. The number of hydrogen-bond acceptors (Lipinski definition) is 7. The lowest BCUT2D eigenvalue weighted by atomic mass is 9.99. The molecule has 0 atom stereocenters. The van der Waals surface area contributed by atoms with E-state index < -0.39 is 17.7 Å². The Morgan fingerprint density at radius 1 is 1.07 bits per heavy atom. The maximum atomic E-state index is 12.5. The number of rotatable bonds is 12. The molecule has 2 aromatic carbocycles. The van der Waals surface area contributed by atoms with E-state index in [0.717, 1.165) is 33.0 Å². The number of ether oxygens (including phenoxy) is 1. The summed E-state index contributed by atoms with van der Waals surface area (Å²) in [6, 6.07) is 12.9. The number of pyridine rings is 1. The molecule has 4 aromatic rings. The van der Waals surface area contributed by atoms with Crippen LogP contribution in [0.25, 0.3) is 33.1 Å². The van der Waals surface area contributed by atoms with Crippen molar-refractivity contribution in [3.05, 3.63) is 54.2 Å². The fourth-order valence-electron chi connectivity index (χ4n) is 4.29. The van der Waals surface area contributed by atoms with Crippen LogP contribution in [0.1, 0.15) is 18.9 Å². The van der Waals surface area contributed by atoms with Crippen LogP contribution in [-0.4, -0.2) is 72.2 Å². The average molecular weight is 635 g/mol. The summed E-state index contributed by atoms with van der Waals surface area (Å²) < 4.78 is 46.5. The first-order valence-corrected chi connectivity index (χ1v) is 15.4. The van der Waals surface area contributed by atoms with Crippen molar-refractivity contribution < 1.29 is 32.0 Å². The minimum Gasteiger partial charge on any atom is -0.491 e. The predicted octanol–water partition coefficient (Wildman–Crippen LogP) is 5.14. The van der Waals surface area contributed by atoms with E-state index in [1.165, 1.54) is 0 Å². The van der Waals surface area contributed by atoms with Crippen LogP contribution in [0.4, 0.5) is 0 Å². The van der Waals surface area contributed by atoms with E-state index in [1.807, 2.05) is 37.1 Å². The summed E-state index contributed by atoms with van der Waals surface area (Å²) >= 11 is 0. The van der Waals surface area contributed by atoms with Crippen LogP contribution in [0.2, 0.25) is 0 Å². The van der Waals surface area contributed by atoms with Gasteiger partial charge in [0.15, 0.2) is 9.84 Å². The number of phosphoric ester groups is 1. The lowest BCUT2D eigenvalue weighted by Gasteiger charge is -2.17. The van der Waals surface area contributed by atoms with Gasteiger partial charge in [0.2, 0.25) is 0 Å². The number of H-pyrrole nitrogens is 1. The van der Waals surface area contributed by atoms with E-state index in [9.17, 15) is 13.0 Å². The second-order valence-corrected chi connectivity index (χ2v) is 12.7. The Kier molecular flexibility index (Phi) is 12.0. The van der Waals surface area contributed by atoms with E-state index >= 15 is 0 Å². The van der Waals surface area contributed by atoms with E-state index in [0.29, 0.717) is 37.5 Å². The number of nitrogens with one attached hydrogen (secondary N) is 1. The molecule has 2 aromatic heterocycles. The molecule has 0 spiro atoms. The molecule has 2 heterocycles. The number of aromatic nitrogens is 2. The second-order valence-electron chi connectivity index (χ2n) is 9.16. The van der Waals surface area contributed by atoms with E-state index in [4.69, 9.17) is 14.5 Å². The van der Waals surface area contributed by atoms with Crippen LogP contribution in [0.15, 0.2) is 53.6 Å². The molecule has 0 saturated heterocycles. The number of hydrogen-bond donors (Lipinski definition) is 3. The van der Waals surface area contributed by atoms with Crippen LogP contribution in [0, 0.1) is 6.92 Å². The zero-order chi connectivity index (χ0) is 27.5. The highest BCUT2D eigenvalue weighted by molar-refractivity contribution is 7.91. The number of fused-ring (bicyclic) bond motifs is 3. The Hall–Kier alpha value is -2.21. The van der Waals surface area contributed by atoms with Crippen LogP contribution < -0.4 is 4.74 Å². The number of benzene rings is 2. The number of phosphoric acid groups is 1. The topological polar surface area (TPSA) is 142 Å². The molecule has 0 saturated carbocycles. The Labute approximate surface area is 246 Å². The zero-order valence-corrected chi connectivity index (χ0v) is 25.7. The molecular formula is C26H34Cl2N3O7PS. The number of nitrogens with zero attached hydrogens (tertiary/aromatic N) is 2. The Morgan fingerprint density at radius 3 is 2.52 bits per heavy atom. The molecule has 0 radical (unpaired) electrons. The summed E-state index contributed by atoms with van der Waals surface area (Å²) in [5.41, 5.74) is 4.16. The maximum Gasteiger partial charge on any atom is 0.469 e. The summed E-state index contributed by atoms with van der Waals surface area (Å²) in [6.07, 6.45) is 2.47. The highest BCUT2D eigenvalue weighted by Crippen LogP contribution is 2.39. The first-order chi connectivity index (χ1) is 18.0. The molecule has 0 aliphatic heterocycles. The van der Waals surface area contributed by atoms with Gasteiger partial charge in [0, 0.05) is 30.1 Å². The molecule has 0 unspecified atom stereocenters. The van der Waals surface area contributed by atoms with Gasteiger partial charge in [-0.2, -0.15) is 0 Å². The Morgan fingerprint density at radius 2 is 1.82 bits per heavy atom. The Balaban J connectivity index is 0.00000280. The van der Waals surface area contributed by atoms with Crippen LogP contribution in [-0.2, 0) is 18.9 Å². The number of likely N-dealkylation sites (N-methyl/N-ethyl adjacent to an activating group) is 1. The van der Waals surface area contributed by atoms with Gasteiger partial charge >= 0.3 is 7.82 Å². The molecule has 0 aliphatic rings. The monoisotopic (exact) mass is 633 g/mol. The fourth-order valence-corrected chi connectivity index (χ4v) is 5.54. The highest BCUT2D eigenvalue weighted by atomic mass is 35.5. The quantitative estimate of drug-likeness (QED) is 0.143. The molecule has 3 N–H and O–H groups in total. The van der Waals surface area contributed by atoms with E-state index in [1.54, 1.807) is 31.3 Å². The number of sulfone groups is 1. The van der Waals surface area contributed by atoms with Crippen molar-refractivity contribution in [3.63, 3.8) is 0 Å². The van der Waals surface area contributed by atoms with E-state index in [2.05, 4.69) is 20.6 Å². The number of aromatic amines is 1. The normalized spacial score (nSPS) is 11.9. The van der Waals surface area contributed by atoms with Crippen molar-refractivity contribution in [2.75, 3.05) is 39.1 Å². The van der Waals surface area contributed by atoms with Crippen LogP contribution >= 0.6 is 32.6 Å². The van der Waals surface area contributed by atoms with Gasteiger partial charge in [-0.1, -0.05) is 19.1 Å². The van der Waals surface area contributed by atoms with Gasteiger partial charge in [-0.05, 0) is 67.4 Å². The van der Waals surface area contributed by atoms with Crippen molar-refractivity contribution in [2.24, 2.45) is 0 Å². The summed E-state index contributed by atoms with van der Waals surface area (Å²) in [5, 5.41) is 1.83. The third-order valence-corrected chi connectivity index (χ3v) is 8.51. The third-order valence-electron chi connectivity index (χ3n) is 6.26. The summed E-state index contributed by atoms with van der Waals surface area (Å²) in [5.74, 6) is 0.685. The van der Waals surface area contributed by atoms with Crippen molar-refractivity contribution >= 4 is 64.4 Å². The van der Waals surface area contributed by atoms with Crippen molar-refractivity contribution in [3.8, 4) is 16.9 Å². The molecule has 14 heteroatoms. The first-order valence-electron chi connectivity index (χ1n) is 12.2. The largest absolute Gasteiger partial charge is 0.491 e. The zero-order valence-electron chi connectivity index (χ0n) is 22.4. The molecule has 0 amide bonds. The van der Waals surface area contributed by atoms with Gasteiger partial charge < -0.3 is 24.4 Å². The van der Waals surface area contributed by atoms with Crippen molar-refractivity contribution in [1.29, 1.82) is 0 Å². The minimum atomic E-state index is -4.46. The lowest BCUT2D eigenvalue weighted by Crippen LogP contribution is -2.25. The summed E-state index contributed by atoms with van der Waals surface area (Å²) in [7, 11) is -5.98. The third kappa shape index (κ3) is 8.18. The smallest absolute Gasteiger partial charge is 0.469 e. The second kappa shape index (κ2) is 14.1. The average Bonchev–Trinajstić information content (AvgIpc) is 3.25. The predicted molar refractivity (Wildman–Crippen MR) is 162 cm³/mol. The van der Waals surface area contributed by atoms with Crippen LogP contribution in [0.5, 0.6) is 5.75 Å². The van der Waals surface area contributed by atoms with Gasteiger partial charge in [-0.3, -0.25) is 4.52 Å². The van der Waals surface area contributed by atoms with Gasteiger partial charge in [-0.25, -0.2) is 18.0 Å². The molecule has 0 aliphatic carbocycles. The highest BCUT2D eigenvalue weighted by Gasteiger charge is 2.18. The molecule has 10 nitrogen and oxygen atoms in total. The molecule has 0 fully saturated rings. The maximum absolute atomic E-state index is 12.5. The van der Waals surface area contributed by atoms with E-state index in [-0.39, 0.29) is 42.1 Å². The van der Waals surface area contributed by atoms with Gasteiger partial charge in [0.05, 0.1) is 29.4 Å². The molecular weight excluding hydrogens is 600 g/mol.